The van der Waals surface area contributed by atoms with Gasteiger partial charge < -0.3 is 14.7 Å². The number of aliphatic hydroxyl groups excluding tert-OH is 1. The second-order valence-corrected chi connectivity index (χ2v) is 8.10. The lowest BCUT2D eigenvalue weighted by Gasteiger charge is -2.43. The molecular weight excluding hydrogens is 362 g/mol. The van der Waals surface area contributed by atoms with Gasteiger partial charge in [0, 0.05) is 23.0 Å². The van der Waals surface area contributed by atoms with Crippen LogP contribution < -0.4 is 0 Å². The molecule has 3 rings (SSSR count). The Balaban J connectivity index is 1.82. The van der Waals surface area contributed by atoms with E-state index in [1.54, 1.807) is 12.3 Å². The van der Waals surface area contributed by atoms with Gasteiger partial charge in [-0.05, 0) is 44.8 Å². The third-order valence-electron chi connectivity index (χ3n) is 5.74. The van der Waals surface area contributed by atoms with Crippen molar-refractivity contribution in [3.63, 3.8) is 0 Å². The SMILES string of the molecule is CCCN(CCC)CC1C(O)CCC2C(=O)C(c3ccccc3Cl)=COC21. The summed E-state index contributed by atoms with van der Waals surface area (Å²) < 4.78 is 6.09. The summed E-state index contributed by atoms with van der Waals surface area (Å²) in [6, 6.07) is 7.38. The summed E-state index contributed by atoms with van der Waals surface area (Å²) in [5, 5.41) is 11.2. The smallest absolute Gasteiger partial charge is 0.173 e. The van der Waals surface area contributed by atoms with Crippen molar-refractivity contribution >= 4 is 23.0 Å². The zero-order chi connectivity index (χ0) is 19.4. The molecule has 1 aliphatic heterocycles. The molecule has 0 radical (unpaired) electrons. The summed E-state index contributed by atoms with van der Waals surface area (Å²) in [7, 11) is 0. The van der Waals surface area contributed by atoms with Crippen LogP contribution in [0.3, 0.4) is 0 Å². The van der Waals surface area contributed by atoms with E-state index in [4.69, 9.17) is 16.3 Å². The first-order valence-electron chi connectivity index (χ1n) is 10.1. The average Bonchev–Trinajstić information content (AvgIpc) is 2.65. The normalized spacial score (nSPS) is 27.9. The molecule has 1 fully saturated rings. The largest absolute Gasteiger partial charge is 0.496 e. The zero-order valence-corrected chi connectivity index (χ0v) is 17.0. The number of ketones is 1. The van der Waals surface area contributed by atoms with Crippen LogP contribution in [0.4, 0.5) is 0 Å². The van der Waals surface area contributed by atoms with E-state index in [-0.39, 0.29) is 23.7 Å². The molecule has 1 aromatic rings. The maximum Gasteiger partial charge on any atom is 0.173 e. The van der Waals surface area contributed by atoms with E-state index in [2.05, 4.69) is 18.7 Å². The number of hydrogen-bond donors (Lipinski definition) is 1. The fourth-order valence-electron chi connectivity index (χ4n) is 4.45. The maximum atomic E-state index is 13.2. The lowest BCUT2D eigenvalue weighted by Crippen LogP contribution is -2.52. The van der Waals surface area contributed by atoms with E-state index in [0.29, 0.717) is 23.4 Å². The van der Waals surface area contributed by atoms with Gasteiger partial charge in [-0.3, -0.25) is 4.79 Å². The Morgan fingerprint density at radius 3 is 2.56 bits per heavy atom. The first kappa shape index (κ1) is 20.4. The summed E-state index contributed by atoms with van der Waals surface area (Å²) >= 11 is 6.29. The van der Waals surface area contributed by atoms with Crippen molar-refractivity contribution in [3.05, 3.63) is 41.1 Å². The van der Waals surface area contributed by atoms with Gasteiger partial charge in [-0.2, -0.15) is 0 Å². The standard InChI is InChI=1S/C22H30ClNO3/c1-3-11-24(12-4-2)13-17-20(25)10-9-16-21(26)18(14-27-22(16)17)15-7-5-6-8-19(15)23/h5-8,14,16-17,20,22,25H,3-4,9-13H2,1-2H3. The van der Waals surface area contributed by atoms with Crippen LogP contribution in [0.2, 0.25) is 5.02 Å². The Labute approximate surface area is 167 Å². The van der Waals surface area contributed by atoms with E-state index in [9.17, 15) is 9.90 Å². The number of allylic oxidation sites excluding steroid dienone is 1. The van der Waals surface area contributed by atoms with Gasteiger partial charge in [-0.1, -0.05) is 43.6 Å². The van der Waals surface area contributed by atoms with Crippen LogP contribution in [-0.4, -0.2) is 47.6 Å². The predicted octanol–water partition coefficient (Wildman–Crippen LogP) is 4.16. The Bertz CT molecular complexity index is 684. The molecule has 0 aromatic heterocycles. The molecule has 1 aromatic carbocycles. The molecule has 0 spiro atoms. The Hall–Kier alpha value is -1.36. The van der Waals surface area contributed by atoms with Crippen LogP contribution in [0.15, 0.2) is 30.5 Å². The minimum absolute atomic E-state index is 0.0464. The number of ether oxygens (including phenoxy) is 1. The number of hydrogen-bond acceptors (Lipinski definition) is 4. The molecule has 148 valence electrons. The lowest BCUT2D eigenvalue weighted by molar-refractivity contribution is -0.133. The van der Waals surface area contributed by atoms with Crippen molar-refractivity contribution in [2.75, 3.05) is 19.6 Å². The third kappa shape index (κ3) is 4.39. The summed E-state index contributed by atoms with van der Waals surface area (Å²) in [6.45, 7) is 7.11. The molecule has 1 N–H and O–H groups in total. The highest BCUT2D eigenvalue weighted by molar-refractivity contribution is 6.35. The van der Waals surface area contributed by atoms with E-state index in [1.165, 1.54) is 0 Å². The summed E-state index contributed by atoms with van der Waals surface area (Å²) in [6.07, 6.45) is 4.34. The number of carbonyl (C=O) groups excluding carboxylic acids is 1. The number of halogens is 1. The molecule has 4 nitrogen and oxygen atoms in total. The van der Waals surface area contributed by atoms with Gasteiger partial charge in [0.1, 0.15) is 6.10 Å². The molecule has 2 aliphatic rings. The number of aliphatic hydroxyl groups is 1. The summed E-state index contributed by atoms with van der Waals surface area (Å²) in [5.41, 5.74) is 1.28. The van der Waals surface area contributed by atoms with Gasteiger partial charge >= 0.3 is 0 Å². The Kier molecular flexibility index (Phi) is 6.96. The van der Waals surface area contributed by atoms with Crippen molar-refractivity contribution < 1.29 is 14.6 Å². The van der Waals surface area contributed by atoms with E-state index in [1.807, 2.05) is 18.2 Å². The van der Waals surface area contributed by atoms with E-state index in [0.717, 1.165) is 38.0 Å². The lowest BCUT2D eigenvalue weighted by atomic mass is 9.72. The fourth-order valence-corrected chi connectivity index (χ4v) is 4.69. The second-order valence-electron chi connectivity index (χ2n) is 7.69. The zero-order valence-electron chi connectivity index (χ0n) is 16.2. The molecular formula is C22H30ClNO3. The van der Waals surface area contributed by atoms with Crippen LogP contribution in [0.25, 0.3) is 5.57 Å². The first-order valence-corrected chi connectivity index (χ1v) is 10.5. The number of Topliss-reactive ketones (excluding diaryl/α,β-unsaturated/α-hetero) is 1. The van der Waals surface area contributed by atoms with Crippen LogP contribution in [0.5, 0.6) is 0 Å². The highest BCUT2D eigenvalue weighted by Crippen LogP contribution is 2.40. The second kappa shape index (κ2) is 9.22. The molecule has 1 heterocycles. The molecule has 4 atom stereocenters. The van der Waals surface area contributed by atoms with E-state index >= 15 is 0 Å². The number of nitrogens with zero attached hydrogens (tertiary/aromatic N) is 1. The number of benzene rings is 1. The highest BCUT2D eigenvalue weighted by Gasteiger charge is 2.46. The van der Waals surface area contributed by atoms with Crippen LogP contribution in [0, 0.1) is 11.8 Å². The van der Waals surface area contributed by atoms with Crippen molar-refractivity contribution in [1.82, 2.24) is 4.90 Å². The molecule has 0 bridgehead atoms. The average molecular weight is 392 g/mol. The van der Waals surface area contributed by atoms with Gasteiger partial charge in [0.2, 0.25) is 0 Å². The predicted molar refractivity (Wildman–Crippen MR) is 109 cm³/mol. The molecule has 1 aliphatic carbocycles. The number of fused-ring (bicyclic) bond motifs is 1. The van der Waals surface area contributed by atoms with Crippen molar-refractivity contribution in [2.45, 2.75) is 51.7 Å². The molecule has 0 saturated heterocycles. The van der Waals surface area contributed by atoms with Crippen molar-refractivity contribution in [2.24, 2.45) is 11.8 Å². The quantitative estimate of drug-likeness (QED) is 0.758. The van der Waals surface area contributed by atoms with Crippen molar-refractivity contribution in [3.8, 4) is 0 Å². The number of rotatable bonds is 7. The molecule has 27 heavy (non-hydrogen) atoms. The number of carbonyl (C=O) groups is 1. The fraction of sp³-hybridized carbons (Fsp3) is 0.591. The van der Waals surface area contributed by atoms with Gasteiger partial charge in [0.05, 0.1) is 23.9 Å². The van der Waals surface area contributed by atoms with Crippen LogP contribution in [0.1, 0.15) is 45.1 Å². The third-order valence-corrected chi connectivity index (χ3v) is 6.07. The molecule has 5 heteroatoms. The summed E-state index contributed by atoms with van der Waals surface area (Å²) in [4.78, 5) is 15.6. The topological polar surface area (TPSA) is 49.8 Å². The van der Waals surface area contributed by atoms with E-state index < -0.39 is 6.10 Å². The molecule has 4 unspecified atom stereocenters. The van der Waals surface area contributed by atoms with Gasteiger partial charge in [0.25, 0.3) is 0 Å². The van der Waals surface area contributed by atoms with Crippen LogP contribution in [-0.2, 0) is 9.53 Å². The molecule has 0 amide bonds. The Morgan fingerprint density at radius 2 is 1.89 bits per heavy atom. The monoisotopic (exact) mass is 391 g/mol. The van der Waals surface area contributed by atoms with Crippen molar-refractivity contribution in [1.29, 1.82) is 0 Å². The minimum Gasteiger partial charge on any atom is -0.496 e. The molecule has 1 saturated carbocycles. The first-order chi connectivity index (χ1) is 13.1. The maximum absolute atomic E-state index is 13.2. The van der Waals surface area contributed by atoms with Crippen LogP contribution >= 0.6 is 11.6 Å². The minimum atomic E-state index is -0.425. The van der Waals surface area contributed by atoms with Gasteiger partial charge in [0.15, 0.2) is 5.78 Å². The highest BCUT2D eigenvalue weighted by atomic mass is 35.5. The van der Waals surface area contributed by atoms with Gasteiger partial charge in [-0.25, -0.2) is 0 Å². The van der Waals surface area contributed by atoms with Gasteiger partial charge in [-0.15, -0.1) is 0 Å². The Morgan fingerprint density at radius 1 is 1.19 bits per heavy atom. The summed E-state index contributed by atoms with van der Waals surface area (Å²) in [5.74, 6) is -0.164.